The quantitative estimate of drug-likeness (QED) is 0.00919. The molecular formula is C63H71NO11S. The third-order valence-electron chi connectivity index (χ3n) is 12.4. The predicted octanol–water partition coefficient (Wildman–Crippen LogP) is 14.2. The average molecular weight is 1050 g/mol. The van der Waals surface area contributed by atoms with Crippen LogP contribution < -0.4 is 14.2 Å². The number of esters is 4. The molecule has 76 heavy (non-hydrogen) atoms. The Bertz CT molecular complexity index is 2810. The Labute approximate surface area is 451 Å². The maximum absolute atomic E-state index is 13.6. The van der Waals surface area contributed by atoms with Gasteiger partial charge in [0.1, 0.15) is 22.3 Å². The molecule has 1 aromatic heterocycles. The Hall–Kier alpha value is -7.38. The molecule has 5 aromatic carbocycles. The van der Waals surface area contributed by atoms with Gasteiger partial charge in [0, 0.05) is 40.7 Å². The number of hydrogen-bond acceptors (Lipinski definition) is 13. The molecule has 0 aliphatic heterocycles. The Morgan fingerprint density at radius 2 is 0.868 bits per heavy atom. The molecule has 12 nitrogen and oxygen atoms in total. The minimum Gasteiger partial charge on any atom is -0.494 e. The van der Waals surface area contributed by atoms with E-state index in [1.165, 1.54) is 36.8 Å². The van der Waals surface area contributed by atoms with Gasteiger partial charge in [-0.3, -0.25) is 0 Å². The van der Waals surface area contributed by atoms with Crippen molar-refractivity contribution in [1.82, 2.24) is 4.98 Å². The van der Waals surface area contributed by atoms with Gasteiger partial charge in [0.05, 0.1) is 62.9 Å². The minimum atomic E-state index is -0.454. The zero-order valence-electron chi connectivity index (χ0n) is 43.6. The Morgan fingerprint density at radius 3 is 1.34 bits per heavy atom. The molecule has 1 heterocycles. The number of unbranched alkanes of at least 4 members (excludes halogenated alkanes) is 10. The molecule has 0 aliphatic rings. The van der Waals surface area contributed by atoms with Gasteiger partial charge in [-0.25, -0.2) is 24.2 Å². The van der Waals surface area contributed by atoms with E-state index in [9.17, 15) is 19.2 Å². The Morgan fingerprint density at radius 1 is 0.434 bits per heavy atom. The molecule has 0 bridgehead atoms. The van der Waals surface area contributed by atoms with Crippen LogP contribution in [-0.2, 0) is 41.4 Å². The fraction of sp³-hybridized carbons (Fsp3) is 0.349. The topological polar surface area (TPSA) is 146 Å². The van der Waals surface area contributed by atoms with Gasteiger partial charge < -0.3 is 33.2 Å². The van der Waals surface area contributed by atoms with Crippen LogP contribution in [-0.4, -0.2) is 75.1 Å². The third-order valence-corrected chi connectivity index (χ3v) is 13.4. The lowest BCUT2D eigenvalue weighted by molar-refractivity contribution is -0.138. The van der Waals surface area contributed by atoms with Gasteiger partial charge in [0.25, 0.3) is 0 Å². The van der Waals surface area contributed by atoms with Crippen LogP contribution in [0.3, 0.4) is 0 Å². The molecule has 0 saturated heterocycles. The normalized spacial score (nSPS) is 10.9. The number of carbonyl (C=O) groups is 4. The molecule has 400 valence electrons. The average Bonchev–Trinajstić information content (AvgIpc) is 3.46. The summed E-state index contributed by atoms with van der Waals surface area (Å²) in [5, 5.41) is 3.11. The van der Waals surface area contributed by atoms with Crippen molar-refractivity contribution in [2.45, 2.75) is 106 Å². The zero-order chi connectivity index (χ0) is 53.6. The molecular weight excluding hydrogens is 979 g/mol. The van der Waals surface area contributed by atoms with E-state index in [0.717, 1.165) is 120 Å². The summed E-state index contributed by atoms with van der Waals surface area (Å²) in [4.78, 5) is 55.4. The molecule has 6 rings (SSSR count). The summed E-state index contributed by atoms with van der Waals surface area (Å²) >= 11 is 1.45. The van der Waals surface area contributed by atoms with Crippen LogP contribution in [0, 0.1) is 0 Å². The molecule has 0 radical (unpaired) electrons. The van der Waals surface area contributed by atoms with Crippen molar-refractivity contribution in [3.8, 4) is 17.2 Å². The Kier molecular flexibility index (Phi) is 25.0. The zero-order valence-corrected chi connectivity index (χ0v) is 44.5. The number of rotatable bonds is 36. The van der Waals surface area contributed by atoms with E-state index in [-0.39, 0.29) is 13.2 Å². The number of benzene rings is 5. The van der Waals surface area contributed by atoms with Gasteiger partial charge in [0.2, 0.25) is 0 Å². The van der Waals surface area contributed by atoms with Gasteiger partial charge in [0.15, 0.2) is 0 Å². The SMILES string of the molecule is C=CCCCCCCOc1ccc(CCOC(=O)c2ccc3c(c2)c(Sc2ccc(OCCCCCCOC(=O)C=C)cc2)nc2cc(C(=O)OCCc4ccc(OCCCCCCOC(=O)C=C)cc4)ccc23)cc1. The van der Waals surface area contributed by atoms with Crippen LogP contribution in [0.15, 0.2) is 157 Å². The van der Waals surface area contributed by atoms with E-state index in [1.807, 2.05) is 97.1 Å². The molecule has 0 saturated carbocycles. The first-order chi connectivity index (χ1) is 37.2. The predicted molar refractivity (Wildman–Crippen MR) is 300 cm³/mol. The lowest BCUT2D eigenvalue weighted by Crippen LogP contribution is -2.09. The second kappa shape index (κ2) is 32.8. The molecule has 0 N–H and O–H groups in total. The first-order valence-corrected chi connectivity index (χ1v) is 27.3. The van der Waals surface area contributed by atoms with Crippen molar-refractivity contribution in [1.29, 1.82) is 0 Å². The van der Waals surface area contributed by atoms with E-state index in [1.54, 1.807) is 18.2 Å². The van der Waals surface area contributed by atoms with Crippen LogP contribution >= 0.6 is 11.8 Å². The number of nitrogens with zero attached hydrogens (tertiary/aromatic N) is 1. The number of hydrogen-bond donors (Lipinski definition) is 0. The summed E-state index contributed by atoms with van der Waals surface area (Å²) in [7, 11) is 0. The number of pyridine rings is 1. The van der Waals surface area contributed by atoms with E-state index < -0.39 is 23.9 Å². The Balaban J connectivity index is 1.06. The number of aromatic nitrogens is 1. The monoisotopic (exact) mass is 1050 g/mol. The molecule has 0 unspecified atom stereocenters. The highest BCUT2D eigenvalue weighted by Crippen LogP contribution is 2.37. The highest BCUT2D eigenvalue weighted by atomic mass is 32.2. The molecule has 13 heteroatoms. The van der Waals surface area contributed by atoms with Crippen LogP contribution in [0.2, 0.25) is 0 Å². The van der Waals surface area contributed by atoms with Gasteiger partial charge in [-0.1, -0.05) is 80.2 Å². The van der Waals surface area contributed by atoms with Crippen molar-refractivity contribution < 1.29 is 52.3 Å². The smallest absolute Gasteiger partial charge is 0.338 e. The van der Waals surface area contributed by atoms with Crippen LogP contribution in [0.5, 0.6) is 17.2 Å². The van der Waals surface area contributed by atoms with Gasteiger partial charge >= 0.3 is 23.9 Å². The second-order valence-corrected chi connectivity index (χ2v) is 19.2. The minimum absolute atomic E-state index is 0.192. The summed E-state index contributed by atoms with van der Waals surface area (Å²) < 4.78 is 39.5. The van der Waals surface area contributed by atoms with Crippen molar-refractivity contribution >= 4 is 57.3 Å². The van der Waals surface area contributed by atoms with E-state index in [0.29, 0.717) is 67.5 Å². The maximum Gasteiger partial charge on any atom is 0.338 e. The molecule has 6 aromatic rings. The third kappa shape index (κ3) is 20.0. The summed E-state index contributed by atoms with van der Waals surface area (Å²) in [5.41, 5.74) is 3.44. The number of carbonyl (C=O) groups excluding carboxylic acids is 4. The van der Waals surface area contributed by atoms with Crippen LogP contribution in [0.25, 0.3) is 21.7 Å². The summed E-state index contributed by atoms with van der Waals surface area (Å²) in [6.07, 6.45) is 18.1. The van der Waals surface area contributed by atoms with Crippen molar-refractivity contribution in [3.05, 3.63) is 169 Å². The number of allylic oxidation sites excluding steroid dienone is 1. The van der Waals surface area contributed by atoms with Gasteiger partial charge in [-0.05, 0) is 160 Å². The van der Waals surface area contributed by atoms with Gasteiger partial charge in [-0.15, -0.1) is 6.58 Å². The maximum atomic E-state index is 13.6. The molecule has 0 spiro atoms. The van der Waals surface area contributed by atoms with Crippen molar-refractivity contribution in [2.24, 2.45) is 0 Å². The fourth-order valence-electron chi connectivity index (χ4n) is 8.11. The lowest BCUT2D eigenvalue weighted by Gasteiger charge is -2.13. The summed E-state index contributed by atoms with van der Waals surface area (Å²) in [5.74, 6) is 0.655. The molecule has 0 aliphatic carbocycles. The molecule has 0 amide bonds. The largest absolute Gasteiger partial charge is 0.494 e. The molecule has 0 atom stereocenters. The standard InChI is InChI=1S/C63H71NO11S/c1-4-7-8-9-10-15-38-69-51-26-20-47(21-27-51)36-43-74-62(67)49-24-34-55-56-35-25-50(63(68)75-44-37-48-22-28-52(29-23-48)70-39-16-11-13-18-41-72-59(65)5-2)46-58(56)64-61(57(55)45-49)76-54-32-30-53(31-33-54)71-40-17-12-14-19-42-73-60(66)6-3/h4-6,20-35,45-46H,1-3,7-19,36-44H2. The number of ether oxygens (including phenoxy) is 7. The number of fused-ring (bicyclic) bond motifs is 3. The fourth-order valence-corrected chi connectivity index (χ4v) is 9.03. The summed E-state index contributed by atoms with van der Waals surface area (Å²) in [6, 6.07) is 34.4. The van der Waals surface area contributed by atoms with Crippen molar-refractivity contribution in [3.63, 3.8) is 0 Å². The van der Waals surface area contributed by atoms with E-state index >= 15 is 0 Å². The highest BCUT2D eigenvalue weighted by Gasteiger charge is 2.17. The van der Waals surface area contributed by atoms with Crippen molar-refractivity contribution in [2.75, 3.05) is 46.2 Å². The first kappa shape index (κ1) is 57.9. The van der Waals surface area contributed by atoms with Crippen LogP contribution in [0.1, 0.15) is 115 Å². The second-order valence-electron chi connectivity index (χ2n) is 18.2. The molecule has 0 fully saturated rings. The summed E-state index contributed by atoms with van der Waals surface area (Å²) in [6.45, 7) is 13.6. The van der Waals surface area contributed by atoms with Crippen LogP contribution in [0.4, 0.5) is 0 Å². The van der Waals surface area contributed by atoms with E-state index in [2.05, 4.69) is 19.7 Å². The van der Waals surface area contributed by atoms with E-state index in [4.69, 9.17) is 38.1 Å². The highest BCUT2D eigenvalue weighted by molar-refractivity contribution is 7.99. The van der Waals surface area contributed by atoms with Gasteiger partial charge in [-0.2, -0.15) is 0 Å². The first-order valence-electron chi connectivity index (χ1n) is 26.5. The lowest BCUT2D eigenvalue weighted by atomic mass is 10.0.